The third-order valence-corrected chi connectivity index (χ3v) is 3.33. The second-order valence-corrected chi connectivity index (χ2v) is 4.71. The average molecular weight is 212 g/mol. The molecular weight excluding hydrogens is 184 g/mol. The normalized spacial score (nSPS) is 20.1. The van der Waals surface area contributed by atoms with Gasteiger partial charge in [-0.25, -0.2) is 0 Å². The molecule has 0 aliphatic carbocycles. The Morgan fingerprint density at radius 3 is 1.93 bits per heavy atom. The number of nitrogens with zero attached hydrogens (tertiary/aromatic N) is 2. The van der Waals surface area contributed by atoms with E-state index in [9.17, 15) is 0 Å². The number of likely N-dealkylation sites (tertiary alicyclic amines) is 1. The number of piperidine rings is 1. The first-order valence-electron chi connectivity index (χ1n) is 6.01. The maximum atomic E-state index is 4.18. The molecule has 0 bridgehead atoms. The molecule has 0 N–H and O–H groups in total. The molecule has 2 heteroatoms. The summed E-state index contributed by atoms with van der Waals surface area (Å²) < 4.78 is 0. The van der Waals surface area contributed by atoms with Crippen LogP contribution in [0.1, 0.15) is 33.6 Å². The monoisotopic (exact) mass is 212 g/mol. The van der Waals surface area contributed by atoms with Crippen LogP contribution >= 0.6 is 0 Å². The summed E-state index contributed by atoms with van der Waals surface area (Å²) in [6.45, 7) is 12.9. The predicted molar refractivity (Wildman–Crippen MR) is 69.0 cm³/mol. The van der Waals surface area contributed by atoms with Gasteiger partial charge in [0.2, 0.25) is 0 Å². The van der Waals surface area contributed by atoms with Gasteiger partial charge in [0, 0.05) is 25.2 Å². The zero-order valence-corrected chi connectivity index (χ0v) is 11.4. The molecule has 1 fully saturated rings. The van der Waals surface area contributed by atoms with E-state index in [-0.39, 0.29) is 0 Å². The number of hydrogen-bond acceptors (Lipinski definition) is 2. The van der Waals surface area contributed by atoms with Gasteiger partial charge in [-0.05, 0) is 33.0 Å². The lowest BCUT2D eigenvalue weighted by atomic mass is 9.77. The summed E-state index contributed by atoms with van der Waals surface area (Å²) in [4.78, 5) is 4.55. The first-order chi connectivity index (χ1) is 6.96. The van der Waals surface area contributed by atoms with Crippen molar-refractivity contribution in [1.29, 1.82) is 0 Å². The van der Waals surface area contributed by atoms with Gasteiger partial charge in [0.15, 0.2) is 0 Å². The van der Waals surface area contributed by atoms with Crippen molar-refractivity contribution in [3.63, 3.8) is 0 Å². The van der Waals surface area contributed by atoms with Gasteiger partial charge in [-0.1, -0.05) is 27.4 Å². The average Bonchev–Trinajstić information content (AvgIpc) is 2.24. The lowest BCUT2D eigenvalue weighted by molar-refractivity contribution is 0.147. The van der Waals surface area contributed by atoms with Crippen molar-refractivity contribution in [2.24, 2.45) is 5.41 Å². The molecule has 2 nitrogen and oxygen atoms in total. The van der Waals surface area contributed by atoms with E-state index in [4.69, 9.17) is 0 Å². The fourth-order valence-electron chi connectivity index (χ4n) is 1.94. The van der Waals surface area contributed by atoms with Gasteiger partial charge in [-0.2, -0.15) is 0 Å². The summed E-state index contributed by atoms with van der Waals surface area (Å²) in [5.41, 5.74) is 1.61. The molecular formula is C13H28N2. The summed E-state index contributed by atoms with van der Waals surface area (Å²) in [5.74, 6) is 0. The molecule has 0 aromatic rings. The number of rotatable bonds is 2. The fourth-order valence-corrected chi connectivity index (χ4v) is 1.94. The Labute approximate surface area is 95.9 Å². The van der Waals surface area contributed by atoms with E-state index in [2.05, 4.69) is 44.4 Å². The molecule has 0 spiro atoms. The Kier molecular flexibility index (Phi) is 5.96. The van der Waals surface area contributed by atoms with Crippen LogP contribution in [0.4, 0.5) is 0 Å². The van der Waals surface area contributed by atoms with Crippen LogP contribution in [-0.2, 0) is 0 Å². The van der Waals surface area contributed by atoms with E-state index in [1.165, 1.54) is 31.6 Å². The molecule has 0 aromatic carbocycles. The van der Waals surface area contributed by atoms with Gasteiger partial charge in [0.05, 0.1) is 0 Å². The molecule has 0 radical (unpaired) electrons. The lowest BCUT2D eigenvalue weighted by Crippen LogP contribution is -2.39. The third kappa shape index (κ3) is 3.86. The van der Waals surface area contributed by atoms with Gasteiger partial charge in [0.25, 0.3) is 0 Å². The molecule has 0 amide bonds. The van der Waals surface area contributed by atoms with Crippen LogP contribution in [0, 0.1) is 5.41 Å². The number of hydrogen-bond donors (Lipinski definition) is 0. The maximum absolute atomic E-state index is 4.18. The van der Waals surface area contributed by atoms with E-state index >= 15 is 0 Å². The summed E-state index contributed by atoms with van der Waals surface area (Å²) in [5, 5.41) is 0. The van der Waals surface area contributed by atoms with Crippen LogP contribution < -0.4 is 0 Å². The first kappa shape index (κ1) is 14.5. The number of allylic oxidation sites excluding steroid dienone is 1. The van der Waals surface area contributed by atoms with Crippen molar-refractivity contribution in [3.8, 4) is 0 Å². The van der Waals surface area contributed by atoms with Gasteiger partial charge in [-0.15, -0.1) is 0 Å². The zero-order valence-electron chi connectivity index (χ0n) is 11.4. The summed E-state index contributed by atoms with van der Waals surface area (Å²) in [6, 6.07) is 0. The third-order valence-electron chi connectivity index (χ3n) is 3.33. The highest BCUT2D eigenvalue weighted by Crippen LogP contribution is 2.37. The second-order valence-electron chi connectivity index (χ2n) is 4.71. The highest BCUT2D eigenvalue weighted by atomic mass is 15.1. The van der Waals surface area contributed by atoms with E-state index in [1.807, 2.05) is 13.8 Å². The van der Waals surface area contributed by atoms with Gasteiger partial charge in [-0.3, -0.25) is 0 Å². The van der Waals surface area contributed by atoms with Crippen molar-refractivity contribution < 1.29 is 0 Å². The van der Waals surface area contributed by atoms with Gasteiger partial charge >= 0.3 is 0 Å². The second kappa shape index (κ2) is 6.16. The standard InChI is InChI=1S/C11H22N2.C2H6/c1-10(12(3)4)11(2)6-8-13(5)9-7-11;1-2/h1,6-9H2,2-5H3;1-2H3. The quantitative estimate of drug-likeness (QED) is 0.694. The minimum absolute atomic E-state index is 0.329. The zero-order chi connectivity index (χ0) is 12.1. The fraction of sp³-hybridized carbons (Fsp3) is 0.846. The van der Waals surface area contributed by atoms with Crippen molar-refractivity contribution >= 4 is 0 Å². The Morgan fingerprint density at radius 2 is 1.60 bits per heavy atom. The minimum Gasteiger partial charge on any atom is -0.381 e. The summed E-state index contributed by atoms with van der Waals surface area (Å²) in [7, 11) is 6.37. The van der Waals surface area contributed by atoms with E-state index in [0.29, 0.717) is 5.41 Å². The molecule has 1 aliphatic heterocycles. The molecule has 90 valence electrons. The van der Waals surface area contributed by atoms with Crippen LogP contribution in [0.15, 0.2) is 12.3 Å². The molecule has 1 aliphatic rings. The Morgan fingerprint density at radius 1 is 1.20 bits per heavy atom. The lowest BCUT2D eigenvalue weighted by Gasteiger charge is -2.41. The van der Waals surface area contributed by atoms with Crippen molar-refractivity contribution in [2.45, 2.75) is 33.6 Å². The summed E-state index contributed by atoms with van der Waals surface area (Å²) >= 11 is 0. The molecule has 1 saturated heterocycles. The van der Waals surface area contributed by atoms with Crippen LogP contribution in [-0.4, -0.2) is 44.0 Å². The van der Waals surface area contributed by atoms with Crippen molar-refractivity contribution in [1.82, 2.24) is 9.80 Å². The Hall–Kier alpha value is -0.500. The van der Waals surface area contributed by atoms with Gasteiger partial charge in [0.1, 0.15) is 0 Å². The SMILES string of the molecule is C=C(N(C)C)C1(C)CCN(C)CC1.CC. The Balaban J connectivity index is 0.000000921. The first-order valence-corrected chi connectivity index (χ1v) is 6.01. The molecule has 0 atom stereocenters. The van der Waals surface area contributed by atoms with E-state index < -0.39 is 0 Å². The van der Waals surface area contributed by atoms with Crippen molar-refractivity contribution in [3.05, 3.63) is 12.3 Å². The topological polar surface area (TPSA) is 6.48 Å². The molecule has 0 aromatic heterocycles. The maximum Gasteiger partial charge on any atom is 0.0116 e. The highest BCUT2D eigenvalue weighted by Gasteiger charge is 2.32. The predicted octanol–water partition coefficient (Wildman–Crippen LogP) is 2.82. The highest BCUT2D eigenvalue weighted by molar-refractivity contribution is 5.08. The van der Waals surface area contributed by atoms with Crippen LogP contribution in [0.5, 0.6) is 0 Å². The van der Waals surface area contributed by atoms with Gasteiger partial charge < -0.3 is 9.80 Å². The molecule has 1 rings (SSSR count). The molecule has 0 saturated carbocycles. The van der Waals surface area contributed by atoms with E-state index in [1.54, 1.807) is 0 Å². The Bertz CT molecular complexity index is 189. The molecule has 0 unspecified atom stereocenters. The minimum atomic E-state index is 0.329. The van der Waals surface area contributed by atoms with Crippen LogP contribution in [0.25, 0.3) is 0 Å². The van der Waals surface area contributed by atoms with Crippen LogP contribution in [0.2, 0.25) is 0 Å². The van der Waals surface area contributed by atoms with Crippen molar-refractivity contribution in [2.75, 3.05) is 34.2 Å². The smallest absolute Gasteiger partial charge is 0.0116 e. The van der Waals surface area contributed by atoms with Crippen LogP contribution in [0.3, 0.4) is 0 Å². The molecule has 1 heterocycles. The summed E-state index contributed by atoms with van der Waals surface area (Å²) in [6.07, 6.45) is 2.47. The molecule has 15 heavy (non-hydrogen) atoms. The van der Waals surface area contributed by atoms with E-state index in [0.717, 1.165) is 0 Å². The largest absolute Gasteiger partial charge is 0.381 e.